The minimum absolute atomic E-state index is 0.0143. The molecule has 1 N–H and O–H groups in total. The maximum atomic E-state index is 14.1. The van der Waals surface area contributed by atoms with Gasteiger partial charge in [0.25, 0.3) is 6.43 Å². The lowest BCUT2D eigenvalue weighted by Crippen LogP contribution is -2.37. The van der Waals surface area contributed by atoms with Crippen LogP contribution in [0.2, 0.25) is 0 Å². The molecule has 1 heterocycles. The van der Waals surface area contributed by atoms with Gasteiger partial charge in [-0.15, -0.1) is 0 Å². The summed E-state index contributed by atoms with van der Waals surface area (Å²) in [5, 5.41) is 10.5. The van der Waals surface area contributed by atoms with Gasteiger partial charge in [-0.05, 0) is 98.7 Å². The number of benzene rings is 2. The van der Waals surface area contributed by atoms with Crippen molar-refractivity contribution in [2.75, 3.05) is 19.6 Å². The van der Waals surface area contributed by atoms with Crippen LogP contribution in [0.25, 0.3) is 10.8 Å². The number of likely N-dealkylation sites (tertiary alicyclic amines) is 1. The molecule has 6 heteroatoms. The van der Waals surface area contributed by atoms with Crippen molar-refractivity contribution in [3.63, 3.8) is 0 Å². The summed E-state index contributed by atoms with van der Waals surface area (Å²) in [4.78, 5) is 13.4. The van der Waals surface area contributed by atoms with E-state index in [1.54, 1.807) is 6.07 Å². The van der Waals surface area contributed by atoms with E-state index in [0.717, 1.165) is 82.0 Å². The van der Waals surface area contributed by atoms with Gasteiger partial charge in [-0.2, -0.15) is 0 Å². The monoisotopic (exact) mass is 473 g/mol. The molecule has 0 spiro atoms. The molecule has 4 nitrogen and oxygen atoms in total. The molecule has 4 rings (SSSR count). The Morgan fingerprint density at radius 1 is 1.15 bits per heavy atom. The fourth-order valence-corrected chi connectivity index (χ4v) is 5.67. The number of aryl methyl sites for hydroxylation is 1. The van der Waals surface area contributed by atoms with Gasteiger partial charge < -0.3 is 14.7 Å². The van der Waals surface area contributed by atoms with Crippen LogP contribution in [-0.2, 0) is 11.2 Å². The van der Waals surface area contributed by atoms with Crippen molar-refractivity contribution in [1.82, 2.24) is 4.90 Å². The molecule has 0 bridgehead atoms. The zero-order valence-corrected chi connectivity index (χ0v) is 20.1. The Labute approximate surface area is 201 Å². The van der Waals surface area contributed by atoms with Crippen molar-refractivity contribution < 1.29 is 23.4 Å². The van der Waals surface area contributed by atoms with E-state index < -0.39 is 12.4 Å². The third-order valence-corrected chi connectivity index (χ3v) is 7.57. The Morgan fingerprint density at radius 2 is 1.94 bits per heavy atom. The van der Waals surface area contributed by atoms with Gasteiger partial charge in [0, 0.05) is 13.0 Å². The number of carboxylic acids is 1. The van der Waals surface area contributed by atoms with Crippen LogP contribution in [0, 0.1) is 11.8 Å². The SMILES string of the molecule is CC1CCC(Oc2ccc3cc(CCCN4CCCC(CC(=O)O)C4)ccc3c2C(F)F)CC1. The van der Waals surface area contributed by atoms with Gasteiger partial charge >= 0.3 is 5.97 Å². The molecule has 1 saturated heterocycles. The number of nitrogens with zero attached hydrogens (tertiary/aromatic N) is 1. The van der Waals surface area contributed by atoms with Gasteiger partial charge in [-0.3, -0.25) is 4.79 Å². The molecule has 1 saturated carbocycles. The van der Waals surface area contributed by atoms with Crippen molar-refractivity contribution in [1.29, 1.82) is 0 Å². The first-order chi connectivity index (χ1) is 16.4. The minimum Gasteiger partial charge on any atom is -0.490 e. The molecule has 186 valence electrons. The Kier molecular flexibility index (Phi) is 8.41. The average Bonchev–Trinajstić information content (AvgIpc) is 2.80. The number of carbonyl (C=O) groups is 1. The molecule has 1 atom stereocenters. The molecule has 1 unspecified atom stereocenters. The van der Waals surface area contributed by atoms with E-state index in [0.29, 0.717) is 17.1 Å². The number of fused-ring (bicyclic) bond motifs is 1. The molecule has 34 heavy (non-hydrogen) atoms. The van der Waals surface area contributed by atoms with E-state index in [-0.39, 0.29) is 24.0 Å². The van der Waals surface area contributed by atoms with E-state index in [9.17, 15) is 13.6 Å². The number of alkyl halides is 2. The third-order valence-electron chi connectivity index (χ3n) is 7.57. The summed E-state index contributed by atoms with van der Waals surface area (Å²) in [6.45, 7) is 5.04. The molecule has 0 aromatic heterocycles. The second-order valence-corrected chi connectivity index (χ2v) is 10.3. The topological polar surface area (TPSA) is 49.8 Å². The fourth-order valence-electron chi connectivity index (χ4n) is 5.67. The molecule has 1 aliphatic heterocycles. The number of carboxylic acid groups (broad SMARTS) is 1. The van der Waals surface area contributed by atoms with Gasteiger partial charge in [0.2, 0.25) is 0 Å². The van der Waals surface area contributed by atoms with Crippen molar-refractivity contribution in [3.05, 3.63) is 41.5 Å². The van der Waals surface area contributed by atoms with E-state index in [4.69, 9.17) is 9.84 Å². The van der Waals surface area contributed by atoms with Crippen molar-refractivity contribution in [2.45, 2.75) is 77.2 Å². The van der Waals surface area contributed by atoms with Crippen LogP contribution in [0.1, 0.15) is 75.8 Å². The Balaban J connectivity index is 1.39. The van der Waals surface area contributed by atoms with E-state index in [1.165, 1.54) is 0 Å². The normalized spacial score (nSPS) is 23.9. The largest absolute Gasteiger partial charge is 0.490 e. The molecule has 1 aliphatic carbocycles. The summed E-state index contributed by atoms with van der Waals surface area (Å²) in [5.74, 6) is 0.544. The lowest BCUT2D eigenvalue weighted by molar-refractivity contribution is -0.138. The number of hydrogen-bond acceptors (Lipinski definition) is 3. The quantitative estimate of drug-likeness (QED) is 0.432. The number of rotatable bonds is 9. The molecular weight excluding hydrogens is 436 g/mol. The van der Waals surface area contributed by atoms with Gasteiger partial charge in [0.15, 0.2) is 0 Å². The summed E-state index contributed by atoms with van der Waals surface area (Å²) >= 11 is 0. The summed E-state index contributed by atoms with van der Waals surface area (Å²) in [6, 6.07) is 9.45. The van der Waals surface area contributed by atoms with E-state index >= 15 is 0 Å². The summed E-state index contributed by atoms with van der Waals surface area (Å²) in [6.07, 6.45) is 5.60. The smallest absolute Gasteiger partial charge is 0.303 e. The Bertz CT molecular complexity index is 972. The van der Waals surface area contributed by atoms with Gasteiger partial charge in [-0.25, -0.2) is 8.78 Å². The molecule has 0 radical (unpaired) electrons. The van der Waals surface area contributed by atoms with E-state index in [2.05, 4.69) is 11.8 Å². The van der Waals surface area contributed by atoms with Gasteiger partial charge in [-0.1, -0.05) is 31.2 Å². The highest BCUT2D eigenvalue weighted by Gasteiger charge is 2.24. The molecule has 2 aromatic rings. The zero-order valence-electron chi connectivity index (χ0n) is 20.1. The van der Waals surface area contributed by atoms with Crippen LogP contribution in [0.15, 0.2) is 30.3 Å². The van der Waals surface area contributed by atoms with Gasteiger partial charge in [0.1, 0.15) is 5.75 Å². The van der Waals surface area contributed by atoms with Crippen molar-refractivity contribution in [2.24, 2.45) is 11.8 Å². The molecule has 2 aliphatic rings. The number of hydrogen-bond donors (Lipinski definition) is 1. The average molecular weight is 474 g/mol. The second-order valence-electron chi connectivity index (χ2n) is 10.3. The highest BCUT2D eigenvalue weighted by atomic mass is 19.3. The van der Waals surface area contributed by atoms with Crippen LogP contribution < -0.4 is 4.74 Å². The minimum atomic E-state index is -2.58. The zero-order chi connectivity index (χ0) is 24.1. The summed E-state index contributed by atoms with van der Waals surface area (Å²) < 4.78 is 34.2. The van der Waals surface area contributed by atoms with Crippen LogP contribution in [0.3, 0.4) is 0 Å². The van der Waals surface area contributed by atoms with Crippen LogP contribution in [0.5, 0.6) is 5.75 Å². The lowest BCUT2D eigenvalue weighted by atomic mass is 9.89. The maximum Gasteiger partial charge on any atom is 0.303 e. The Hall–Kier alpha value is -2.21. The van der Waals surface area contributed by atoms with Crippen LogP contribution in [-0.4, -0.2) is 41.7 Å². The van der Waals surface area contributed by atoms with Crippen molar-refractivity contribution >= 4 is 16.7 Å². The maximum absolute atomic E-state index is 14.1. The number of aliphatic carboxylic acids is 1. The number of halogens is 2. The predicted molar refractivity (Wildman–Crippen MR) is 131 cm³/mol. The lowest BCUT2D eigenvalue weighted by Gasteiger charge is -2.32. The fraction of sp³-hybridized carbons (Fsp3) is 0.607. The van der Waals surface area contributed by atoms with Crippen LogP contribution in [0.4, 0.5) is 8.78 Å². The first kappa shape index (κ1) is 24.9. The standard InChI is InChI=1S/C28H37F2NO3/c1-19-6-10-23(11-7-19)34-25-13-9-22-16-20(8-12-24(22)27(25)28(29)30)4-2-14-31-15-3-5-21(18-31)17-26(32)33/h8-9,12-13,16,19,21,23,28H,2-7,10-11,14-15,17-18H2,1H3,(H,32,33). The summed E-state index contributed by atoms with van der Waals surface area (Å²) in [5.41, 5.74) is 1.15. The molecule has 2 fully saturated rings. The first-order valence-corrected chi connectivity index (χ1v) is 12.8. The van der Waals surface area contributed by atoms with Crippen molar-refractivity contribution in [3.8, 4) is 5.75 Å². The van der Waals surface area contributed by atoms with E-state index in [1.807, 2.05) is 24.3 Å². The van der Waals surface area contributed by atoms with Gasteiger partial charge in [0.05, 0.1) is 11.7 Å². The summed E-state index contributed by atoms with van der Waals surface area (Å²) in [7, 11) is 0. The van der Waals surface area contributed by atoms with Crippen LogP contribution >= 0.6 is 0 Å². The highest BCUT2D eigenvalue weighted by molar-refractivity contribution is 5.88. The highest BCUT2D eigenvalue weighted by Crippen LogP contribution is 2.38. The Morgan fingerprint density at radius 3 is 2.68 bits per heavy atom. The second kappa shape index (κ2) is 11.5. The number of piperidine rings is 1. The number of ether oxygens (including phenoxy) is 1. The molecule has 2 aromatic carbocycles. The third kappa shape index (κ3) is 6.47. The first-order valence-electron chi connectivity index (χ1n) is 12.8. The molecule has 0 amide bonds. The molecular formula is C28H37F2NO3. The predicted octanol–water partition coefficient (Wildman–Crippen LogP) is 6.85.